The second-order valence-corrected chi connectivity index (χ2v) is 6.89. The lowest BCUT2D eigenvalue weighted by molar-refractivity contribution is -0.384. The molecule has 1 aromatic rings. The van der Waals surface area contributed by atoms with Crippen LogP contribution in [0.4, 0.5) is 10.5 Å². The highest BCUT2D eigenvalue weighted by Crippen LogP contribution is 2.25. The van der Waals surface area contributed by atoms with Crippen molar-refractivity contribution in [2.24, 2.45) is 0 Å². The molecule has 2 rings (SSSR count). The van der Waals surface area contributed by atoms with Crippen LogP contribution in [0.25, 0.3) is 0 Å². The van der Waals surface area contributed by atoms with Gasteiger partial charge in [-0.05, 0) is 32.8 Å². The summed E-state index contributed by atoms with van der Waals surface area (Å²) >= 11 is 0. The fourth-order valence-electron chi connectivity index (χ4n) is 2.64. The van der Waals surface area contributed by atoms with Crippen molar-refractivity contribution in [2.45, 2.75) is 51.0 Å². The normalized spacial score (nSPS) is 24.0. The third-order valence-electron chi connectivity index (χ3n) is 3.79. The molecule has 0 aliphatic carbocycles. The number of nitro groups is 1. The first-order valence-corrected chi connectivity index (χ1v) is 7.67. The third kappa shape index (κ3) is 4.21. The number of benzene rings is 1. The molecule has 8 heteroatoms. The van der Waals surface area contributed by atoms with Gasteiger partial charge in [0, 0.05) is 12.1 Å². The number of likely N-dealkylation sites (tertiary alicyclic amines) is 1. The van der Waals surface area contributed by atoms with Crippen LogP contribution in [-0.4, -0.2) is 56.5 Å². The number of rotatable bonds is 3. The van der Waals surface area contributed by atoms with E-state index < -0.39 is 34.9 Å². The SMILES string of the molecule is CC(C)(C)OC(=O)N1C[C@H](O)[C@@H](O)[C@H]1Cc1ccc([N+](=O)[O-])cc1. The van der Waals surface area contributed by atoms with Gasteiger partial charge in [-0.2, -0.15) is 0 Å². The van der Waals surface area contributed by atoms with Crippen molar-refractivity contribution >= 4 is 11.8 Å². The van der Waals surface area contributed by atoms with Crippen LogP contribution in [0, 0.1) is 10.1 Å². The van der Waals surface area contributed by atoms with Gasteiger partial charge in [-0.15, -0.1) is 0 Å². The monoisotopic (exact) mass is 338 g/mol. The van der Waals surface area contributed by atoms with Crippen LogP contribution < -0.4 is 0 Å². The molecule has 1 aromatic carbocycles. The van der Waals surface area contributed by atoms with Gasteiger partial charge < -0.3 is 14.9 Å². The van der Waals surface area contributed by atoms with E-state index in [4.69, 9.17) is 4.74 Å². The van der Waals surface area contributed by atoms with E-state index in [1.54, 1.807) is 32.9 Å². The van der Waals surface area contributed by atoms with E-state index in [1.165, 1.54) is 17.0 Å². The molecule has 1 aliphatic heterocycles. The molecule has 1 amide bonds. The minimum Gasteiger partial charge on any atom is -0.444 e. The van der Waals surface area contributed by atoms with Crippen molar-refractivity contribution in [3.05, 3.63) is 39.9 Å². The van der Waals surface area contributed by atoms with E-state index in [0.29, 0.717) is 5.56 Å². The van der Waals surface area contributed by atoms with Gasteiger partial charge in [0.15, 0.2) is 0 Å². The van der Waals surface area contributed by atoms with E-state index >= 15 is 0 Å². The minimum atomic E-state index is -1.10. The van der Waals surface area contributed by atoms with E-state index in [9.17, 15) is 25.1 Å². The number of nitrogens with zero attached hydrogens (tertiary/aromatic N) is 2. The lowest BCUT2D eigenvalue weighted by Crippen LogP contribution is -2.43. The molecule has 1 aliphatic rings. The first-order chi connectivity index (χ1) is 11.1. The molecule has 0 aromatic heterocycles. The van der Waals surface area contributed by atoms with Crippen molar-refractivity contribution < 1.29 is 24.7 Å². The van der Waals surface area contributed by atoms with E-state index in [0.717, 1.165) is 0 Å². The Labute approximate surface area is 139 Å². The molecule has 1 heterocycles. The lowest BCUT2D eigenvalue weighted by Gasteiger charge is -2.29. The molecule has 0 saturated carbocycles. The van der Waals surface area contributed by atoms with Crippen molar-refractivity contribution in [2.75, 3.05) is 6.54 Å². The Morgan fingerprint density at radius 3 is 2.42 bits per heavy atom. The number of hydrogen-bond donors (Lipinski definition) is 2. The number of carbonyl (C=O) groups is 1. The molecule has 1 fully saturated rings. The maximum Gasteiger partial charge on any atom is 0.410 e. The Bertz CT molecular complexity index is 610. The molecule has 1 saturated heterocycles. The Morgan fingerprint density at radius 1 is 1.33 bits per heavy atom. The molecule has 0 spiro atoms. The largest absolute Gasteiger partial charge is 0.444 e. The van der Waals surface area contributed by atoms with Gasteiger partial charge in [0.1, 0.15) is 11.7 Å². The summed E-state index contributed by atoms with van der Waals surface area (Å²) in [6, 6.07) is 5.22. The number of ether oxygens (including phenoxy) is 1. The van der Waals surface area contributed by atoms with Crippen molar-refractivity contribution in [1.82, 2.24) is 4.90 Å². The lowest BCUT2D eigenvalue weighted by atomic mass is 10.0. The van der Waals surface area contributed by atoms with Gasteiger partial charge in [0.2, 0.25) is 0 Å². The summed E-state index contributed by atoms with van der Waals surface area (Å²) < 4.78 is 5.31. The molecule has 8 nitrogen and oxygen atoms in total. The number of β-amino-alcohol motifs (C(OH)–C–C–N with tert-alkyl or cyclic N) is 1. The Hall–Kier alpha value is -2.19. The molecule has 3 atom stereocenters. The summed E-state index contributed by atoms with van der Waals surface area (Å²) in [6.07, 6.45) is -2.51. The molecule has 24 heavy (non-hydrogen) atoms. The minimum absolute atomic E-state index is 0.0201. The average Bonchev–Trinajstić information content (AvgIpc) is 2.74. The summed E-state index contributed by atoms with van der Waals surface area (Å²) in [4.78, 5) is 23.8. The predicted octanol–water partition coefficient (Wildman–Crippen LogP) is 1.48. The number of non-ortho nitro benzene ring substituents is 1. The number of aliphatic hydroxyl groups is 2. The fourth-order valence-corrected chi connectivity index (χ4v) is 2.64. The second-order valence-electron chi connectivity index (χ2n) is 6.89. The van der Waals surface area contributed by atoms with Crippen LogP contribution in [-0.2, 0) is 11.2 Å². The fraction of sp³-hybridized carbons (Fsp3) is 0.562. The summed E-state index contributed by atoms with van der Waals surface area (Å²) in [5.41, 5.74) is -0.00455. The number of aliphatic hydroxyl groups excluding tert-OH is 2. The number of nitro benzene ring substituents is 1. The van der Waals surface area contributed by atoms with Crippen LogP contribution in [0.2, 0.25) is 0 Å². The van der Waals surface area contributed by atoms with Gasteiger partial charge in [0.05, 0.1) is 23.6 Å². The predicted molar refractivity (Wildman–Crippen MR) is 85.5 cm³/mol. The van der Waals surface area contributed by atoms with Crippen LogP contribution in [0.1, 0.15) is 26.3 Å². The second kappa shape index (κ2) is 6.74. The van der Waals surface area contributed by atoms with Crippen molar-refractivity contribution in [1.29, 1.82) is 0 Å². The summed E-state index contributed by atoms with van der Waals surface area (Å²) in [5, 5.41) is 30.8. The smallest absolute Gasteiger partial charge is 0.410 e. The molecule has 0 radical (unpaired) electrons. The zero-order chi connectivity index (χ0) is 18.1. The highest BCUT2D eigenvalue weighted by Gasteiger charge is 2.43. The van der Waals surface area contributed by atoms with Crippen molar-refractivity contribution in [3.8, 4) is 0 Å². The highest BCUT2D eigenvalue weighted by molar-refractivity contribution is 5.69. The molecule has 2 N–H and O–H groups in total. The first kappa shape index (κ1) is 18.2. The Kier molecular flexibility index (Phi) is 5.10. The van der Waals surface area contributed by atoms with Crippen LogP contribution >= 0.6 is 0 Å². The molecular weight excluding hydrogens is 316 g/mol. The zero-order valence-corrected chi connectivity index (χ0v) is 13.9. The van der Waals surface area contributed by atoms with Gasteiger partial charge in [0.25, 0.3) is 5.69 Å². The van der Waals surface area contributed by atoms with Crippen molar-refractivity contribution in [3.63, 3.8) is 0 Å². The quantitative estimate of drug-likeness (QED) is 0.637. The van der Waals surface area contributed by atoms with Crippen LogP contribution in [0.5, 0.6) is 0 Å². The molecule has 0 bridgehead atoms. The van der Waals surface area contributed by atoms with E-state index in [-0.39, 0.29) is 18.7 Å². The summed E-state index contributed by atoms with van der Waals surface area (Å²) in [5.74, 6) is 0. The first-order valence-electron chi connectivity index (χ1n) is 7.67. The molecular formula is C16H22N2O6. The maximum atomic E-state index is 12.3. The topological polar surface area (TPSA) is 113 Å². The number of carbonyl (C=O) groups excluding carboxylic acids is 1. The highest BCUT2D eigenvalue weighted by atomic mass is 16.6. The third-order valence-corrected chi connectivity index (χ3v) is 3.79. The molecule has 132 valence electrons. The zero-order valence-electron chi connectivity index (χ0n) is 13.9. The van der Waals surface area contributed by atoms with Gasteiger partial charge in [-0.1, -0.05) is 12.1 Å². The Morgan fingerprint density at radius 2 is 1.92 bits per heavy atom. The number of hydrogen-bond acceptors (Lipinski definition) is 6. The summed E-state index contributed by atoms with van der Waals surface area (Å²) in [7, 11) is 0. The van der Waals surface area contributed by atoms with Gasteiger partial charge in [-0.25, -0.2) is 4.79 Å². The molecule has 0 unspecified atom stereocenters. The summed E-state index contributed by atoms with van der Waals surface area (Å²) in [6.45, 7) is 5.19. The van der Waals surface area contributed by atoms with Crippen LogP contribution in [0.15, 0.2) is 24.3 Å². The standard InChI is InChI=1S/C16H22N2O6/c1-16(2,3)24-15(21)17-9-13(19)14(20)12(17)8-10-4-6-11(7-5-10)18(22)23/h4-7,12-14,19-20H,8-9H2,1-3H3/t12-,13+,14+/m1/s1. The Balaban J connectivity index is 2.15. The maximum absolute atomic E-state index is 12.3. The number of amides is 1. The van der Waals surface area contributed by atoms with E-state index in [1.807, 2.05) is 0 Å². The van der Waals surface area contributed by atoms with Gasteiger partial charge in [-0.3, -0.25) is 15.0 Å². The average molecular weight is 338 g/mol. The van der Waals surface area contributed by atoms with E-state index in [2.05, 4.69) is 0 Å². The van der Waals surface area contributed by atoms with Gasteiger partial charge >= 0.3 is 6.09 Å². The van der Waals surface area contributed by atoms with Crippen LogP contribution in [0.3, 0.4) is 0 Å².